The van der Waals surface area contributed by atoms with Gasteiger partial charge in [0.15, 0.2) is 0 Å². The first-order valence-electron chi connectivity index (χ1n) is 7.55. The minimum Gasteiger partial charge on any atom is -0.301 e. The van der Waals surface area contributed by atoms with Crippen LogP contribution < -0.4 is 0 Å². The van der Waals surface area contributed by atoms with Gasteiger partial charge in [-0.25, -0.2) is 4.79 Å². The number of hydrogen-bond donors (Lipinski definition) is 1. The number of rotatable bonds is 12. The molecule has 0 bridgehead atoms. The van der Waals surface area contributed by atoms with Crippen molar-refractivity contribution >= 4 is 5.97 Å². The Bertz CT molecular complexity index is 192. The molecule has 0 aliphatic rings. The normalized spacial score (nSPS) is 12.4. The topological polar surface area (TPSA) is 46.5 Å². The van der Waals surface area contributed by atoms with E-state index < -0.39 is 5.97 Å². The van der Waals surface area contributed by atoms with Crippen molar-refractivity contribution in [3.8, 4) is 0 Å². The molecule has 3 heteroatoms. The molecule has 0 amide bonds. The zero-order valence-corrected chi connectivity index (χ0v) is 12.1. The fourth-order valence-electron chi connectivity index (χ4n) is 2.23. The van der Waals surface area contributed by atoms with E-state index in [1.54, 1.807) is 0 Å². The van der Waals surface area contributed by atoms with Crippen LogP contribution in [0.3, 0.4) is 0 Å². The van der Waals surface area contributed by atoms with Crippen molar-refractivity contribution in [2.24, 2.45) is 5.92 Å². The van der Waals surface area contributed by atoms with Crippen LogP contribution in [-0.4, -0.2) is 11.2 Å². The van der Waals surface area contributed by atoms with Gasteiger partial charge in [-0.3, -0.25) is 0 Å². The molecule has 0 fully saturated rings. The molecule has 0 aromatic carbocycles. The van der Waals surface area contributed by atoms with Crippen LogP contribution in [0.15, 0.2) is 0 Å². The average molecular weight is 258 g/mol. The van der Waals surface area contributed by atoms with Gasteiger partial charge in [-0.05, 0) is 5.92 Å². The molecule has 108 valence electrons. The van der Waals surface area contributed by atoms with Crippen LogP contribution >= 0.6 is 0 Å². The fraction of sp³-hybridized carbons (Fsp3) is 0.933. The summed E-state index contributed by atoms with van der Waals surface area (Å²) in [5, 5.41) is 8.16. The van der Waals surface area contributed by atoms with Crippen LogP contribution in [-0.2, 0) is 9.68 Å². The van der Waals surface area contributed by atoms with E-state index in [9.17, 15) is 4.79 Å². The molecule has 3 nitrogen and oxygen atoms in total. The lowest BCUT2D eigenvalue weighted by molar-refractivity contribution is -0.235. The molecule has 0 aromatic heterocycles. The van der Waals surface area contributed by atoms with Gasteiger partial charge >= 0.3 is 5.97 Å². The maximum absolute atomic E-state index is 10.8. The molecule has 0 radical (unpaired) electrons. The highest BCUT2D eigenvalue weighted by Crippen LogP contribution is 2.15. The highest BCUT2D eigenvalue weighted by Gasteiger charge is 2.09. The second-order valence-electron chi connectivity index (χ2n) is 5.39. The first-order valence-corrected chi connectivity index (χ1v) is 7.55. The first kappa shape index (κ1) is 17.4. The van der Waals surface area contributed by atoms with Crippen molar-refractivity contribution in [2.75, 3.05) is 0 Å². The third-order valence-electron chi connectivity index (χ3n) is 3.42. The Hall–Kier alpha value is -0.570. The van der Waals surface area contributed by atoms with Crippen LogP contribution in [0.2, 0.25) is 0 Å². The molecular weight excluding hydrogens is 228 g/mol. The molecule has 0 spiro atoms. The predicted molar refractivity (Wildman–Crippen MR) is 74.3 cm³/mol. The standard InChI is InChI=1S/C15H30O3/c1-3-4-5-6-7-8-9-10-11-12-14(2)13-15(16)18-17/h14,17H,3-13H2,1-2H3. The molecule has 0 aliphatic carbocycles. The minimum atomic E-state index is -0.515. The van der Waals surface area contributed by atoms with Crippen LogP contribution in [0.5, 0.6) is 0 Å². The zero-order chi connectivity index (χ0) is 13.6. The molecule has 0 heterocycles. The molecule has 1 atom stereocenters. The summed E-state index contributed by atoms with van der Waals surface area (Å²) in [6, 6.07) is 0. The second kappa shape index (κ2) is 12.9. The van der Waals surface area contributed by atoms with E-state index >= 15 is 0 Å². The third kappa shape index (κ3) is 11.9. The highest BCUT2D eigenvalue weighted by molar-refractivity contribution is 5.68. The summed E-state index contributed by atoms with van der Waals surface area (Å²) in [6.45, 7) is 4.27. The third-order valence-corrected chi connectivity index (χ3v) is 3.42. The minimum absolute atomic E-state index is 0.314. The number of carbonyl (C=O) groups excluding carboxylic acids is 1. The number of carbonyl (C=O) groups is 1. The van der Waals surface area contributed by atoms with Crippen molar-refractivity contribution < 1.29 is 14.9 Å². The first-order chi connectivity index (χ1) is 8.70. The van der Waals surface area contributed by atoms with E-state index in [-0.39, 0.29) is 0 Å². The lowest BCUT2D eigenvalue weighted by Gasteiger charge is -2.08. The van der Waals surface area contributed by atoms with Crippen molar-refractivity contribution in [3.63, 3.8) is 0 Å². The summed E-state index contributed by atoms with van der Waals surface area (Å²) in [5.41, 5.74) is 0. The summed E-state index contributed by atoms with van der Waals surface area (Å²) in [5.74, 6) is -0.201. The Morgan fingerprint density at radius 1 is 1.00 bits per heavy atom. The highest BCUT2D eigenvalue weighted by atomic mass is 17.1. The van der Waals surface area contributed by atoms with Gasteiger partial charge in [0.2, 0.25) is 0 Å². The largest absolute Gasteiger partial charge is 0.342 e. The Morgan fingerprint density at radius 2 is 1.50 bits per heavy atom. The molecule has 0 rings (SSSR count). The summed E-state index contributed by atoms with van der Waals surface area (Å²) in [7, 11) is 0. The molecule has 0 saturated heterocycles. The SMILES string of the molecule is CCCCCCCCCCCC(C)CC(=O)OO. The van der Waals surface area contributed by atoms with Crippen LogP contribution in [0.4, 0.5) is 0 Å². The monoisotopic (exact) mass is 258 g/mol. The van der Waals surface area contributed by atoms with Gasteiger partial charge in [0.05, 0.1) is 6.42 Å². The van der Waals surface area contributed by atoms with E-state index in [1.165, 1.54) is 57.8 Å². The van der Waals surface area contributed by atoms with E-state index in [4.69, 9.17) is 5.26 Å². The second-order valence-corrected chi connectivity index (χ2v) is 5.39. The average Bonchev–Trinajstić information content (AvgIpc) is 2.36. The Balaban J connectivity index is 3.17. The van der Waals surface area contributed by atoms with E-state index in [0.29, 0.717) is 12.3 Å². The van der Waals surface area contributed by atoms with Gasteiger partial charge < -0.3 is 4.89 Å². The molecule has 1 N–H and O–H groups in total. The maximum Gasteiger partial charge on any atom is 0.342 e. The van der Waals surface area contributed by atoms with E-state index in [2.05, 4.69) is 11.8 Å². The van der Waals surface area contributed by atoms with Crippen molar-refractivity contribution in [1.82, 2.24) is 0 Å². The van der Waals surface area contributed by atoms with Gasteiger partial charge in [0.1, 0.15) is 0 Å². The van der Waals surface area contributed by atoms with Crippen molar-refractivity contribution in [1.29, 1.82) is 0 Å². The van der Waals surface area contributed by atoms with Gasteiger partial charge in [-0.1, -0.05) is 78.1 Å². The zero-order valence-electron chi connectivity index (χ0n) is 12.1. The van der Waals surface area contributed by atoms with Crippen LogP contribution in [0, 0.1) is 5.92 Å². The fourth-order valence-corrected chi connectivity index (χ4v) is 2.23. The van der Waals surface area contributed by atoms with Crippen LogP contribution in [0.25, 0.3) is 0 Å². The Morgan fingerprint density at radius 3 is 2.00 bits per heavy atom. The van der Waals surface area contributed by atoms with E-state index in [0.717, 1.165) is 6.42 Å². The molecule has 18 heavy (non-hydrogen) atoms. The molecule has 0 aliphatic heterocycles. The number of unbranched alkanes of at least 4 members (excludes halogenated alkanes) is 8. The molecule has 0 aromatic rings. The van der Waals surface area contributed by atoms with Crippen LogP contribution in [0.1, 0.15) is 84.5 Å². The van der Waals surface area contributed by atoms with Gasteiger partial charge in [0.25, 0.3) is 0 Å². The van der Waals surface area contributed by atoms with Crippen molar-refractivity contribution in [2.45, 2.75) is 84.5 Å². The Labute approximate surface area is 112 Å². The molecule has 0 saturated carbocycles. The van der Waals surface area contributed by atoms with Gasteiger partial charge in [-0.15, -0.1) is 0 Å². The summed E-state index contributed by atoms with van der Waals surface area (Å²) < 4.78 is 0. The van der Waals surface area contributed by atoms with Crippen molar-refractivity contribution in [3.05, 3.63) is 0 Å². The lowest BCUT2D eigenvalue weighted by atomic mass is 9.99. The Kier molecular flexibility index (Phi) is 12.5. The number of hydrogen-bond acceptors (Lipinski definition) is 3. The lowest BCUT2D eigenvalue weighted by Crippen LogP contribution is -2.07. The predicted octanol–water partition coefficient (Wildman–Crippen LogP) is 4.95. The van der Waals surface area contributed by atoms with E-state index in [1.807, 2.05) is 6.92 Å². The molecular formula is C15H30O3. The summed E-state index contributed by atoms with van der Waals surface area (Å²) >= 11 is 0. The van der Waals surface area contributed by atoms with Gasteiger partial charge in [-0.2, -0.15) is 5.26 Å². The maximum atomic E-state index is 10.8. The quantitative estimate of drug-likeness (QED) is 0.306. The summed E-state index contributed by atoms with van der Waals surface area (Å²) in [6.07, 6.45) is 13.3. The summed E-state index contributed by atoms with van der Waals surface area (Å²) in [4.78, 5) is 14.5. The smallest absolute Gasteiger partial charge is 0.301 e. The van der Waals surface area contributed by atoms with Gasteiger partial charge in [0, 0.05) is 0 Å². The molecule has 1 unspecified atom stereocenters.